The van der Waals surface area contributed by atoms with E-state index in [9.17, 15) is 19.7 Å². The van der Waals surface area contributed by atoms with Gasteiger partial charge in [0, 0.05) is 24.1 Å². The second-order valence-corrected chi connectivity index (χ2v) is 5.11. The quantitative estimate of drug-likeness (QED) is 0.619. The minimum atomic E-state index is -1.07. The van der Waals surface area contributed by atoms with Crippen molar-refractivity contribution in [1.29, 1.82) is 0 Å². The molecule has 0 bridgehead atoms. The number of aromatic amines is 1. The monoisotopic (exact) mass is 285 g/mol. The Morgan fingerprint density at radius 2 is 2.32 bits per heavy atom. The summed E-state index contributed by atoms with van der Waals surface area (Å²) in [5, 5.41) is 19.6. The first-order valence-corrected chi connectivity index (χ1v) is 6.60. The largest absolute Gasteiger partial charge is 0.480 e. The summed E-state index contributed by atoms with van der Waals surface area (Å²) in [6.45, 7) is 0.313. The van der Waals surface area contributed by atoms with Crippen LogP contribution in [-0.2, 0) is 4.79 Å². The summed E-state index contributed by atoms with van der Waals surface area (Å²) < 4.78 is 0. The molecule has 0 aromatic carbocycles. The molecule has 1 unspecified atom stereocenters. The van der Waals surface area contributed by atoms with Gasteiger partial charge in [-0.1, -0.05) is 0 Å². The van der Waals surface area contributed by atoms with E-state index in [2.05, 4.69) is 4.98 Å². The van der Waals surface area contributed by atoms with Crippen molar-refractivity contribution in [1.82, 2.24) is 9.88 Å². The van der Waals surface area contributed by atoms with Crippen molar-refractivity contribution < 1.29 is 19.6 Å². The molecule has 1 atom stereocenters. The third-order valence-electron chi connectivity index (χ3n) is 2.78. The first-order chi connectivity index (χ1) is 9.00. The van der Waals surface area contributed by atoms with Crippen LogP contribution in [0.1, 0.15) is 10.5 Å². The van der Waals surface area contributed by atoms with Crippen molar-refractivity contribution in [3.05, 3.63) is 28.1 Å². The van der Waals surface area contributed by atoms with Crippen LogP contribution < -0.4 is 0 Å². The number of hydrogen-bond donors (Lipinski definition) is 2. The van der Waals surface area contributed by atoms with Gasteiger partial charge in [0.05, 0.1) is 11.1 Å². The maximum atomic E-state index is 12.2. The van der Waals surface area contributed by atoms with Crippen molar-refractivity contribution in [2.24, 2.45) is 0 Å². The van der Waals surface area contributed by atoms with Crippen molar-refractivity contribution in [3.63, 3.8) is 0 Å². The summed E-state index contributed by atoms with van der Waals surface area (Å²) in [4.78, 5) is 36.9. The highest BCUT2D eigenvalue weighted by Crippen LogP contribution is 2.20. The number of hydrogen-bond acceptors (Lipinski definition) is 5. The van der Waals surface area contributed by atoms with E-state index < -0.39 is 22.8 Å². The third-order valence-corrected chi connectivity index (χ3v) is 3.81. The van der Waals surface area contributed by atoms with E-state index in [1.165, 1.54) is 16.7 Å². The minimum absolute atomic E-state index is 0.0323. The van der Waals surface area contributed by atoms with Crippen LogP contribution >= 0.6 is 11.8 Å². The molecule has 19 heavy (non-hydrogen) atoms. The van der Waals surface area contributed by atoms with Crippen molar-refractivity contribution >= 4 is 29.3 Å². The van der Waals surface area contributed by atoms with Gasteiger partial charge < -0.3 is 15.0 Å². The third kappa shape index (κ3) is 2.70. The highest BCUT2D eigenvalue weighted by Gasteiger charge is 2.33. The maximum absolute atomic E-state index is 12.2. The molecule has 1 aliphatic heterocycles. The fourth-order valence-corrected chi connectivity index (χ4v) is 2.86. The van der Waals surface area contributed by atoms with Crippen LogP contribution in [0.3, 0.4) is 0 Å². The molecule has 0 radical (unpaired) electrons. The van der Waals surface area contributed by atoms with Gasteiger partial charge in [0.15, 0.2) is 0 Å². The molecule has 2 rings (SSSR count). The number of thioether (sulfide) groups is 1. The van der Waals surface area contributed by atoms with Crippen LogP contribution in [0.4, 0.5) is 5.69 Å². The zero-order valence-corrected chi connectivity index (χ0v) is 10.6. The molecule has 1 amide bonds. The average Bonchev–Trinajstić information content (AvgIpc) is 2.87. The molecular weight excluding hydrogens is 274 g/mol. The van der Waals surface area contributed by atoms with E-state index in [1.54, 1.807) is 0 Å². The number of amides is 1. The molecule has 8 nitrogen and oxygen atoms in total. The Balaban J connectivity index is 2.21. The van der Waals surface area contributed by atoms with Gasteiger partial charge in [-0.2, -0.15) is 11.8 Å². The summed E-state index contributed by atoms with van der Waals surface area (Å²) in [5.41, 5.74) is -0.188. The topological polar surface area (TPSA) is 117 Å². The highest BCUT2D eigenvalue weighted by atomic mass is 32.2. The van der Waals surface area contributed by atoms with Gasteiger partial charge in [0.2, 0.25) is 0 Å². The number of carboxylic acids is 1. The lowest BCUT2D eigenvalue weighted by atomic mass is 10.2. The number of aliphatic carboxylic acids is 1. The number of nitrogens with one attached hydrogen (secondary N) is 1. The average molecular weight is 285 g/mol. The minimum Gasteiger partial charge on any atom is -0.480 e. The van der Waals surface area contributed by atoms with Gasteiger partial charge in [-0.25, -0.2) is 4.79 Å². The fourth-order valence-electron chi connectivity index (χ4n) is 1.82. The van der Waals surface area contributed by atoms with Gasteiger partial charge in [-0.05, 0) is 0 Å². The summed E-state index contributed by atoms with van der Waals surface area (Å²) in [6.07, 6.45) is 1.11. The van der Waals surface area contributed by atoms with E-state index in [1.807, 2.05) is 0 Å². The highest BCUT2D eigenvalue weighted by molar-refractivity contribution is 7.99. The number of rotatable bonds is 3. The Kier molecular flexibility index (Phi) is 3.74. The molecule has 0 spiro atoms. The smallest absolute Gasteiger partial charge is 0.327 e. The van der Waals surface area contributed by atoms with Gasteiger partial charge in [-0.15, -0.1) is 0 Å². The molecule has 1 aromatic heterocycles. The Bertz CT molecular complexity index is 529. The molecule has 1 saturated heterocycles. The molecule has 102 valence electrons. The van der Waals surface area contributed by atoms with Gasteiger partial charge in [0.1, 0.15) is 11.7 Å². The molecule has 2 N–H and O–H groups in total. The lowest BCUT2D eigenvalue weighted by Gasteiger charge is -2.32. The summed E-state index contributed by atoms with van der Waals surface area (Å²) >= 11 is 1.46. The van der Waals surface area contributed by atoms with E-state index in [0.717, 1.165) is 12.3 Å². The summed E-state index contributed by atoms with van der Waals surface area (Å²) in [7, 11) is 0. The number of carboxylic acid groups (broad SMARTS) is 1. The molecule has 9 heteroatoms. The predicted octanol–water partition coefficient (Wildman–Crippen LogP) is 0.565. The van der Waals surface area contributed by atoms with Crippen molar-refractivity contribution in [2.45, 2.75) is 6.04 Å². The van der Waals surface area contributed by atoms with Crippen molar-refractivity contribution in [2.75, 3.05) is 18.1 Å². The standard InChI is InChI=1S/C10H11N3O5S/c14-9(7-3-6(4-11-7)13(17)18)12-1-2-19-5-8(12)10(15)16/h3-4,8,11H,1-2,5H2,(H,15,16). The molecule has 1 aliphatic rings. The Morgan fingerprint density at radius 1 is 1.58 bits per heavy atom. The van der Waals surface area contributed by atoms with E-state index in [-0.39, 0.29) is 11.4 Å². The number of carbonyl (C=O) groups excluding carboxylic acids is 1. The normalized spacial score (nSPS) is 19.2. The summed E-state index contributed by atoms with van der Waals surface area (Å²) in [5.74, 6) is -0.621. The molecule has 0 saturated carbocycles. The lowest BCUT2D eigenvalue weighted by Crippen LogP contribution is -2.50. The Hall–Kier alpha value is -2.03. The Morgan fingerprint density at radius 3 is 2.89 bits per heavy atom. The second kappa shape index (κ2) is 5.31. The maximum Gasteiger partial charge on any atom is 0.327 e. The van der Waals surface area contributed by atoms with Crippen LogP contribution in [0, 0.1) is 10.1 Å². The number of nitrogens with zero attached hydrogens (tertiary/aromatic N) is 2. The zero-order chi connectivity index (χ0) is 14.0. The molecule has 2 heterocycles. The zero-order valence-electron chi connectivity index (χ0n) is 9.74. The van der Waals surface area contributed by atoms with E-state index in [4.69, 9.17) is 5.11 Å². The molecular formula is C10H11N3O5S. The van der Waals surface area contributed by atoms with Crippen molar-refractivity contribution in [3.8, 4) is 0 Å². The molecule has 1 aromatic rings. The van der Waals surface area contributed by atoms with Gasteiger partial charge >= 0.3 is 5.97 Å². The van der Waals surface area contributed by atoms with Crippen LogP contribution in [0.2, 0.25) is 0 Å². The predicted molar refractivity (Wildman–Crippen MR) is 67.2 cm³/mol. The number of carbonyl (C=O) groups is 2. The number of H-pyrrole nitrogens is 1. The van der Waals surface area contributed by atoms with Crippen LogP contribution in [0.25, 0.3) is 0 Å². The second-order valence-electron chi connectivity index (χ2n) is 3.96. The first kappa shape index (κ1) is 13.4. The first-order valence-electron chi connectivity index (χ1n) is 5.45. The van der Waals surface area contributed by atoms with Crippen LogP contribution in [-0.4, -0.2) is 55.9 Å². The lowest BCUT2D eigenvalue weighted by molar-refractivity contribution is -0.384. The van der Waals surface area contributed by atoms with Crippen LogP contribution in [0.15, 0.2) is 12.3 Å². The van der Waals surface area contributed by atoms with Gasteiger partial charge in [-0.3, -0.25) is 14.9 Å². The SMILES string of the molecule is O=C(O)C1CSCCN1C(=O)c1cc([N+](=O)[O-])c[nH]1. The Labute approximate surface area is 111 Å². The van der Waals surface area contributed by atoms with Crippen LogP contribution in [0.5, 0.6) is 0 Å². The van der Waals surface area contributed by atoms with E-state index in [0.29, 0.717) is 18.1 Å². The number of nitro groups is 1. The fraction of sp³-hybridized carbons (Fsp3) is 0.400. The van der Waals surface area contributed by atoms with E-state index >= 15 is 0 Å². The molecule has 0 aliphatic carbocycles. The molecule has 1 fully saturated rings. The van der Waals surface area contributed by atoms with Gasteiger partial charge in [0.25, 0.3) is 11.6 Å². The summed E-state index contributed by atoms with van der Waals surface area (Å²) in [6, 6.07) is 0.219. The number of aromatic nitrogens is 1.